The SMILES string of the molecule is COC(=O)C(C)CSCc1ncc(C(C)(C)C)o1. The molecule has 0 aromatic carbocycles. The molecule has 1 aromatic heterocycles. The van der Waals surface area contributed by atoms with Gasteiger partial charge in [0, 0.05) is 11.2 Å². The normalized spacial score (nSPS) is 13.4. The summed E-state index contributed by atoms with van der Waals surface area (Å²) in [6.45, 7) is 8.12. The lowest BCUT2D eigenvalue weighted by Crippen LogP contribution is -2.14. The van der Waals surface area contributed by atoms with Crippen molar-refractivity contribution in [1.82, 2.24) is 4.98 Å². The fraction of sp³-hybridized carbons (Fsp3) is 0.692. The van der Waals surface area contributed by atoms with E-state index >= 15 is 0 Å². The number of aromatic nitrogens is 1. The van der Waals surface area contributed by atoms with E-state index in [1.54, 1.807) is 18.0 Å². The summed E-state index contributed by atoms with van der Waals surface area (Å²) in [5.74, 6) is 2.71. The number of nitrogens with zero attached hydrogens (tertiary/aromatic N) is 1. The number of hydrogen-bond donors (Lipinski definition) is 0. The van der Waals surface area contributed by atoms with Crippen molar-refractivity contribution in [3.63, 3.8) is 0 Å². The number of methoxy groups -OCH3 is 1. The van der Waals surface area contributed by atoms with Crippen molar-refractivity contribution in [2.45, 2.75) is 38.9 Å². The Morgan fingerprint density at radius 3 is 2.72 bits per heavy atom. The fourth-order valence-corrected chi connectivity index (χ4v) is 2.23. The molecule has 0 N–H and O–H groups in total. The summed E-state index contributed by atoms with van der Waals surface area (Å²) in [6.07, 6.45) is 1.78. The molecule has 1 unspecified atom stereocenters. The molecule has 0 aliphatic carbocycles. The van der Waals surface area contributed by atoms with Crippen LogP contribution in [-0.2, 0) is 20.7 Å². The smallest absolute Gasteiger partial charge is 0.309 e. The second-order valence-electron chi connectivity index (χ2n) is 5.31. The summed E-state index contributed by atoms with van der Waals surface area (Å²) in [5, 5.41) is 0. The highest BCUT2D eigenvalue weighted by Crippen LogP contribution is 2.24. The van der Waals surface area contributed by atoms with Crippen LogP contribution in [0.4, 0.5) is 0 Å². The molecule has 1 heterocycles. The van der Waals surface area contributed by atoms with Crippen molar-refractivity contribution in [1.29, 1.82) is 0 Å². The second kappa shape index (κ2) is 6.27. The van der Waals surface area contributed by atoms with Crippen molar-refractivity contribution < 1.29 is 13.9 Å². The van der Waals surface area contributed by atoms with E-state index < -0.39 is 0 Å². The fourth-order valence-electron chi connectivity index (χ4n) is 1.32. The third kappa shape index (κ3) is 4.37. The second-order valence-corrected chi connectivity index (χ2v) is 6.34. The standard InChI is InChI=1S/C13H21NO3S/c1-9(12(15)16-5)7-18-8-11-14-6-10(17-11)13(2,3)4/h6,9H,7-8H2,1-5H3. The molecule has 1 rings (SSSR count). The zero-order chi connectivity index (χ0) is 13.8. The molecule has 0 aliphatic rings. The molecule has 1 aromatic rings. The molecule has 0 amide bonds. The zero-order valence-corrected chi connectivity index (χ0v) is 12.5. The average molecular weight is 271 g/mol. The van der Waals surface area contributed by atoms with Gasteiger partial charge in [-0.2, -0.15) is 11.8 Å². The highest BCUT2D eigenvalue weighted by Gasteiger charge is 2.19. The third-order valence-corrected chi connectivity index (χ3v) is 3.68. The molecule has 0 saturated carbocycles. The van der Waals surface area contributed by atoms with Crippen LogP contribution < -0.4 is 0 Å². The molecule has 0 aliphatic heterocycles. The summed E-state index contributed by atoms with van der Waals surface area (Å²) in [7, 11) is 1.41. The van der Waals surface area contributed by atoms with Gasteiger partial charge in [-0.05, 0) is 0 Å². The lowest BCUT2D eigenvalue weighted by molar-refractivity contribution is -0.143. The maximum absolute atomic E-state index is 11.2. The number of carbonyl (C=O) groups is 1. The summed E-state index contributed by atoms with van der Waals surface area (Å²) in [4.78, 5) is 15.5. The predicted molar refractivity (Wildman–Crippen MR) is 72.5 cm³/mol. The zero-order valence-electron chi connectivity index (χ0n) is 11.6. The van der Waals surface area contributed by atoms with Gasteiger partial charge in [0.25, 0.3) is 0 Å². The maximum atomic E-state index is 11.2. The molecule has 1 atom stereocenters. The Balaban J connectivity index is 2.41. The number of thioether (sulfide) groups is 1. The first-order valence-corrected chi connectivity index (χ1v) is 7.11. The number of oxazole rings is 1. The minimum Gasteiger partial charge on any atom is -0.469 e. The molecular formula is C13H21NO3S. The Morgan fingerprint density at radius 2 is 2.22 bits per heavy atom. The van der Waals surface area contributed by atoms with Gasteiger partial charge in [-0.25, -0.2) is 4.98 Å². The van der Waals surface area contributed by atoms with Crippen LogP contribution in [0, 0.1) is 5.92 Å². The van der Waals surface area contributed by atoms with E-state index in [4.69, 9.17) is 4.42 Å². The number of ether oxygens (including phenoxy) is 1. The molecule has 18 heavy (non-hydrogen) atoms. The summed E-state index contributed by atoms with van der Waals surface area (Å²) < 4.78 is 10.3. The monoisotopic (exact) mass is 271 g/mol. The van der Waals surface area contributed by atoms with Gasteiger partial charge >= 0.3 is 5.97 Å². The lowest BCUT2D eigenvalue weighted by atomic mass is 9.94. The Bertz CT molecular complexity index is 395. The van der Waals surface area contributed by atoms with Crippen molar-refractivity contribution in [3.05, 3.63) is 17.8 Å². The summed E-state index contributed by atoms with van der Waals surface area (Å²) in [6, 6.07) is 0. The minimum atomic E-state index is -0.176. The molecule has 0 saturated heterocycles. The van der Waals surface area contributed by atoms with Crippen molar-refractivity contribution >= 4 is 17.7 Å². The van der Waals surface area contributed by atoms with Gasteiger partial charge in [-0.15, -0.1) is 0 Å². The van der Waals surface area contributed by atoms with Gasteiger partial charge in [0.2, 0.25) is 5.89 Å². The van der Waals surface area contributed by atoms with Crippen molar-refractivity contribution in [2.24, 2.45) is 5.92 Å². The van der Waals surface area contributed by atoms with Gasteiger partial charge < -0.3 is 9.15 Å². The highest BCUT2D eigenvalue weighted by atomic mass is 32.2. The van der Waals surface area contributed by atoms with E-state index in [0.29, 0.717) is 17.4 Å². The third-order valence-electron chi connectivity index (χ3n) is 2.49. The van der Waals surface area contributed by atoms with E-state index in [1.165, 1.54) is 7.11 Å². The molecule has 4 nitrogen and oxygen atoms in total. The van der Waals surface area contributed by atoms with Gasteiger partial charge in [0.15, 0.2) is 0 Å². The van der Waals surface area contributed by atoms with Crippen LogP contribution in [0.25, 0.3) is 0 Å². The van der Waals surface area contributed by atoms with Gasteiger partial charge in [-0.1, -0.05) is 27.7 Å². The first-order valence-electron chi connectivity index (χ1n) is 5.95. The van der Waals surface area contributed by atoms with Crippen LogP contribution in [0.2, 0.25) is 0 Å². The van der Waals surface area contributed by atoms with Crippen molar-refractivity contribution in [3.8, 4) is 0 Å². The molecule has 0 bridgehead atoms. The minimum absolute atomic E-state index is 0.0186. The van der Waals surface area contributed by atoms with Crippen LogP contribution in [-0.4, -0.2) is 23.8 Å². The molecule has 5 heteroatoms. The topological polar surface area (TPSA) is 52.3 Å². The average Bonchev–Trinajstić information content (AvgIpc) is 2.76. The Morgan fingerprint density at radius 1 is 1.56 bits per heavy atom. The predicted octanol–water partition coefficient (Wildman–Crippen LogP) is 3.01. The van der Waals surface area contributed by atoms with E-state index in [1.807, 2.05) is 6.92 Å². The molecule has 0 spiro atoms. The van der Waals surface area contributed by atoms with Gasteiger partial charge in [-0.3, -0.25) is 4.79 Å². The molecule has 102 valence electrons. The van der Waals surface area contributed by atoms with Crippen molar-refractivity contribution in [2.75, 3.05) is 12.9 Å². The van der Waals surface area contributed by atoms with E-state index in [-0.39, 0.29) is 17.3 Å². The van der Waals surface area contributed by atoms with Crippen LogP contribution >= 0.6 is 11.8 Å². The molecular weight excluding hydrogens is 250 g/mol. The maximum Gasteiger partial charge on any atom is 0.309 e. The Kier molecular flexibility index (Phi) is 5.26. The summed E-state index contributed by atoms with van der Waals surface area (Å²) >= 11 is 1.63. The lowest BCUT2D eigenvalue weighted by Gasteiger charge is -2.13. The number of carbonyl (C=O) groups excluding carboxylic acids is 1. The summed E-state index contributed by atoms with van der Waals surface area (Å²) in [5.41, 5.74) is -0.0186. The Hall–Kier alpha value is -0.970. The largest absolute Gasteiger partial charge is 0.469 e. The number of rotatable bonds is 5. The van der Waals surface area contributed by atoms with Crippen LogP contribution in [0.15, 0.2) is 10.6 Å². The first-order chi connectivity index (χ1) is 8.34. The quantitative estimate of drug-likeness (QED) is 0.770. The van der Waals surface area contributed by atoms with E-state index in [2.05, 4.69) is 30.5 Å². The molecule has 0 fully saturated rings. The van der Waals surface area contributed by atoms with E-state index in [9.17, 15) is 4.79 Å². The van der Waals surface area contributed by atoms with Crippen LogP contribution in [0.3, 0.4) is 0 Å². The number of esters is 1. The molecule has 0 radical (unpaired) electrons. The highest BCUT2D eigenvalue weighted by molar-refractivity contribution is 7.98. The first kappa shape index (κ1) is 15.1. The van der Waals surface area contributed by atoms with Crippen LogP contribution in [0.1, 0.15) is 39.3 Å². The van der Waals surface area contributed by atoms with Crippen LogP contribution in [0.5, 0.6) is 0 Å². The van der Waals surface area contributed by atoms with E-state index in [0.717, 1.165) is 5.76 Å². The number of hydrogen-bond acceptors (Lipinski definition) is 5. The van der Waals surface area contributed by atoms with Gasteiger partial charge in [0.05, 0.1) is 25.0 Å². The Labute approximate surface area is 112 Å². The van der Waals surface area contributed by atoms with Gasteiger partial charge in [0.1, 0.15) is 5.76 Å².